The van der Waals surface area contributed by atoms with Gasteiger partial charge in [0.15, 0.2) is 0 Å². The maximum Gasteiger partial charge on any atom is 0.246 e. The number of carbonyl (C=O) groups excluding carboxylic acids is 3. The van der Waals surface area contributed by atoms with Gasteiger partial charge in [0.05, 0.1) is 30.1 Å². The van der Waals surface area contributed by atoms with E-state index in [0.29, 0.717) is 32.2 Å². The molecule has 3 amide bonds. The molecule has 6 atom stereocenters. The third-order valence-corrected chi connectivity index (χ3v) is 10.3. The van der Waals surface area contributed by atoms with Crippen molar-refractivity contribution in [3.8, 4) is 0 Å². The second-order valence-corrected chi connectivity index (χ2v) is 12.7. The predicted molar refractivity (Wildman–Crippen MR) is 158 cm³/mol. The number of likely N-dealkylation sites (tertiary alicyclic amines) is 1. The van der Waals surface area contributed by atoms with Gasteiger partial charge in [0.2, 0.25) is 17.7 Å². The number of rotatable bonds is 10. The molecule has 1 saturated carbocycles. The summed E-state index contributed by atoms with van der Waals surface area (Å²) >= 11 is 0. The molecule has 2 bridgehead atoms. The maximum atomic E-state index is 14.6. The van der Waals surface area contributed by atoms with Gasteiger partial charge in [-0.3, -0.25) is 14.4 Å². The molecule has 8 nitrogen and oxygen atoms in total. The number of aliphatic hydroxyl groups excluding tert-OH is 1. The van der Waals surface area contributed by atoms with Gasteiger partial charge in [0.1, 0.15) is 11.6 Å². The first-order valence-corrected chi connectivity index (χ1v) is 15.7. The van der Waals surface area contributed by atoms with Gasteiger partial charge in [-0.2, -0.15) is 0 Å². The van der Waals surface area contributed by atoms with Crippen LogP contribution in [0.5, 0.6) is 0 Å². The Morgan fingerprint density at radius 3 is 2.29 bits per heavy atom. The summed E-state index contributed by atoms with van der Waals surface area (Å²) in [5.74, 6) is -2.19. The molecule has 8 heteroatoms. The van der Waals surface area contributed by atoms with Crippen molar-refractivity contribution in [3.63, 3.8) is 0 Å². The molecule has 2 aromatic rings. The van der Waals surface area contributed by atoms with Crippen molar-refractivity contribution < 1.29 is 24.2 Å². The minimum absolute atomic E-state index is 0.0593. The Morgan fingerprint density at radius 2 is 1.64 bits per heavy atom. The monoisotopic (exact) mass is 573 g/mol. The van der Waals surface area contributed by atoms with E-state index in [-0.39, 0.29) is 30.4 Å². The van der Waals surface area contributed by atoms with Crippen molar-refractivity contribution in [3.05, 3.63) is 71.8 Å². The van der Waals surface area contributed by atoms with Gasteiger partial charge >= 0.3 is 0 Å². The Bertz CT molecular complexity index is 1280. The molecule has 6 rings (SSSR count). The summed E-state index contributed by atoms with van der Waals surface area (Å²) in [6.45, 7) is 2.07. The van der Waals surface area contributed by atoms with Gasteiger partial charge < -0.3 is 25.4 Å². The normalized spacial score (nSPS) is 31.1. The van der Waals surface area contributed by atoms with Gasteiger partial charge in [-0.05, 0) is 49.7 Å². The van der Waals surface area contributed by atoms with E-state index in [1.54, 1.807) is 4.90 Å². The van der Waals surface area contributed by atoms with Crippen LogP contribution in [0, 0.1) is 11.8 Å². The predicted octanol–water partition coefficient (Wildman–Crippen LogP) is 3.51. The van der Waals surface area contributed by atoms with E-state index in [0.717, 1.165) is 43.2 Å². The summed E-state index contributed by atoms with van der Waals surface area (Å²) < 4.78 is 6.91. The van der Waals surface area contributed by atoms with Crippen LogP contribution in [0.2, 0.25) is 0 Å². The third kappa shape index (κ3) is 4.92. The summed E-state index contributed by atoms with van der Waals surface area (Å²) in [6, 6.07) is 18.0. The maximum absolute atomic E-state index is 14.6. The number of amides is 3. The molecule has 4 aliphatic rings. The van der Waals surface area contributed by atoms with Gasteiger partial charge in [-0.1, -0.05) is 86.8 Å². The molecule has 42 heavy (non-hydrogen) atoms. The first-order valence-electron chi connectivity index (χ1n) is 15.7. The average molecular weight is 574 g/mol. The highest BCUT2D eigenvalue weighted by Gasteiger charge is 2.79. The molecule has 0 radical (unpaired) electrons. The molecule has 0 aromatic heterocycles. The number of ether oxygens (including phenoxy) is 1. The Hall–Kier alpha value is -3.23. The standard InChI is InChI=1S/C34H43N3O5/c1-2-33-18-19-34(42-33)28(27(33)30(39)35-21-24-14-8-4-9-15-24)32(41)37(26(22-38)20-23-12-6-3-7-13-23)29(34)31(40)36-25-16-10-5-11-17-25/h3-4,6-9,12-15,25-29,38H,2,5,10-11,16-22H2,1H3,(H,35,39)(H,36,40)/t26-,27+,28+,29?,33-,34?/m1/s1. The highest BCUT2D eigenvalue weighted by Crippen LogP contribution is 2.64. The largest absolute Gasteiger partial charge is 0.394 e. The van der Waals surface area contributed by atoms with Crippen molar-refractivity contribution in [1.82, 2.24) is 15.5 Å². The highest BCUT2D eigenvalue weighted by molar-refractivity contribution is 5.99. The zero-order chi connectivity index (χ0) is 29.3. The summed E-state index contributed by atoms with van der Waals surface area (Å²) in [5, 5.41) is 17.0. The fourth-order valence-corrected chi connectivity index (χ4v) is 8.31. The minimum Gasteiger partial charge on any atom is -0.394 e. The SMILES string of the molecule is CC[C@]12CCC3(O1)C(C(=O)NC1CCCCC1)N([C@@H](CO)Cc1ccccc1)C(=O)[C@@H]3[C@H]2C(=O)NCc1ccccc1. The lowest BCUT2D eigenvalue weighted by Crippen LogP contribution is -2.59. The van der Waals surface area contributed by atoms with Crippen molar-refractivity contribution in [1.29, 1.82) is 0 Å². The number of fused-ring (bicyclic) bond motifs is 1. The molecular formula is C34H43N3O5. The summed E-state index contributed by atoms with van der Waals surface area (Å²) in [4.78, 5) is 44.4. The van der Waals surface area contributed by atoms with E-state index in [1.165, 1.54) is 0 Å². The van der Waals surface area contributed by atoms with E-state index in [1.807, 2.05) is 67.6 Å². The second-order valence-electron chi connectivity index (χ2n) is 12.7. The molecule has 1 spiro atoms. The van der Waals surface area contributed by atoms with E-state index in [2.05, 4.69) is 10.6 Å². The van der Waals surface area contributed by atoms with Crippen LogP contribution in [0.25, 0.3) is 0 Å². The van der Waals surface area contributed by atoms with Crippen LogP contribution < -0.4 is 10.6 Å². The smallest absolute Gasteiger partial charge is 0.246 e. The van der Waals surface area contributed by atoms with Crippen LogP contribution in [0.1, 0.15) is 69.4 Å². The van der Waals surface area contributed by atoms with Gasteiger partial charge in [0.25, 0.3) is 0 Å². The number of benzene rings is 2. The third-order valence-electron chi connectivity index (χ3n) is 10.3. The average Bonchev–Trinajstić information content (AvgIpc) is 3.63. The van der Waals surface area contributed by atoms with Crippen LogP contribution in [0.4, 0.5) is 0 Å². The molecule has 3 N–H and O–H groups in total. The lowest BCUT2D eigenvalue weighted by Gasteiger charge is -2.38. The fraction of sp³-hybridized carbons (Fsp3) is 0.559. The zero-order valence-corrected chi connectivity index (χ0v) is 24.5. The van der Waals surface area contributed by atoms with Crippen molar-refractivity contribution in [2.24, 2.45) is 11.8 Å². The van der Waals surface area contributed by atoms with Crippen LogP contribution in [0.3, 0.4) is 0 Å². The quantitative estimate of drug-likeness (QED) is 0.403. The van der Waals surface area contributed by atoms with Crippen LogP contribution in [0.15, 0.2) is 60.7 Å². The molecular weight excluding hydrogens is 530 g/mol. The van der Waals surface area contributed by atoms with Gasteiger partial charge in [-0.25, -0.2) is 0 Å². The highest BCUT2D eigenvalue weighted by atomic mass is 16.5. The Kier molecular flexibility index (Phi) is 8.11. The minimum atomic E-state index is -1.11. The van der Waals surface area contributed by atoms with E-state index >= 15 is 0 Å². The number of hydrogen-bond donors (Lipinski definition) is 3. The van der Waals surface area contributed by atoms with Crippen LogP contribution in [-0.4, -0.2) is 63.7 Å². The molecule has 224 valence electrons. The van der Waals surface area contributed by atoms with E-state index in [9.17, 15) is 19.5 Å². The van der Waals surface area contributed by atoms with Gasteiger partial charge in [-0.15, -0.1) is 0 Å². The number of aliphatic hydroxyl groups is 1. The Labute approximate surface area is 248 Å². The topological polar surface area (TPSA) is 108 Å². The molecule has 2 unspecified atom stereocenters. The number of hydrogen-bond acceptors (Lipinski definition) is 5. The summed E-state index contributed by atoms with van der Waals surface area (Å²) in [6.07, 6.45) is 7.26. The zero-order valence-electron chi connectivity index (χ0n) is 24.5. The first-order chi connectivity index (χ1) is 20.4. The van der Waals surface area contributed by atoms with Gasteiger partial charge in [0, 0.05) is 12.6 Å². The fourth-order valence-electron chi connectivity index (χ4n) is 8.31. The van der Waals surface area contributed by atoms with E-state index < -0.39 is 35.1 Å². The van der Waals surface area contributed by atoms with Crippen molar-refractivity contribution in [2.45, 2.75) is 101 Å². The Morgan fingerprint density at radius 1 is 0.976 bits per heavy atom. The number of nitrogens with zero attached hydrogens (tertiary/aromatic N) is 1. The van der Waals surface area contributed by atoms with Crippen molar-refractivity contribution in [2.75, 3.05) is 6.61 Å². The molecule has 3 heterocycles. The number of carbonyl (C=O) groups is 3. The lowest BCUT2D eigenvalue weighted by atomic mass is 9.65. The van der Waals surface area contributed by atoms with E-state index in [4.69, 9.17) is 4.74 Å². The summed E-state index contributed by atoms with van der Waals surface area (Å²) in [7, 11) is 0. The second kappa shape index (κ2) is 11.8. The summed E-state index contributed by atoms with van der Waals surface area (Å²) in [5.41, 5.74) is 0.0373. The van der Waals surface area contributed by atoms with Crippen LogP contribution >= 0.6 is 0 Å². The molecule has 1 aliphatic carbocycles. The molecule has 3 aliphatic heterocycles. The molecule has 2 aromatic carbocycles. The lowest BCUT2D eigenvalue weighted by molar-refractivity contribution is -0.151. The Balaban J connectivity index is 1.35. The molecule has 3 saturated heterocycles. The van der Waals surface area contributed by atoms with Crippen molar-refractivity contribution >= 4 is 17.7 Å². The first kappa shape index (κ1) is 28.9. The van der Waals surface area contributed by atoms with Crippen LogP contribution in [-0.2, 0) is 32.1 Å². The number of nitrogens with one attached hydrogen (secondary N) is 2. The molecule has 4 fully saturated rings.